The molecule has 1 fully saturated rings. The quantitative estimate of drug-likeness (QED) is 0.763. The van der Waals surface area contributed by atoms with Crippen molar-refractivity contribution in [3.8, 4) is 0 Å². The highest BCUT2D eigenvalue weighted by molar-refractivity contribution is 5.96. The summed E-state index contributed by atoms with van der Waals surface area (Å²) in [5, 5.41) is 17.9. The second-order valence-electron chi connectivity index (χ2n) is 6.19. The van der Waals surface area contributed by atoms with Gasteiger partial charge in [-0.15, -0.1) is 5.10 Å². The lowest BCUT2D eigenvalue weighted by Gasteiger charge is -2.24. The van der Waals surface area contributed by atoms with E-state index in [1.54, 1.807) is 30.1 Å². The first-order chi connectivity index (χ1) is 12.0. The molecule has 0 radical (unpaired) electrons. The summed E-state index contributed by atoms with van der Waals surface area (Å²) in [6.07, 6.45) is 1.28. The van der Waals surface area contributed by atoms with Crippen LogP contribution in [0.3, 0.4) is 0 Å². The van der Waals surface area contributed by atoms with E-state index in [0.717, 1.165) is 5.56 Å². The Kier molecular flexibility index (Phi) is 3.69. The normalized spacial score (nSPS) is 20.4. The van der Waals surface area contributed by atoms with Crippen molar-refractivity contribution in [3.05, 3.63) is 53.5 Å². The number of hydrogen-bond acceptors (Lipinski definition) is 5. The summed E-state index contributed by atoms with van der Waals surface area (Å²) in [5.74, 6) is -0.580. The number of nitrogens with zero attached hydrogens (tertiary/aromatic N) is 5. The lowest BCUT2D eigenvalue weighted by molar-refractivity contribution is 0.0715. The number of halogens is 1. The average molecular weight is 341 g/mol. The van der Waals surface area contributed by atoms with Crippen molar-refractivity contribution in [2.24, 2.45) is 7.05 Å². The molecule has 2 unspecified atom stereocenters. The number of β-amino-alcohol motifs (C(OH)–C–C–N with tert-alkyl or cyclic N) is 1. The Labute approximate surface area is 142 Å². The smallest absolute Gasteiger partial charge is 0.256 e. The zero-order valence-corrected chi connectivity index (χ0v) is 13.5. The monoisotopic (exact) mass is 341 g/mol. The van der Waals surface area contributed by atoms with Gasteiger partial charge < -0.3 is 10.0 Å². The summed E-state index contributed by atoms with van der Waals surface area (Å²) in [5.41, 5.74) is 2.30. The number of fused-ring (bicyclic) bond motifs is 1. The predicted octanol–water partition coefficient (Wildman–Crippen LogP) is 1.45. The Hall–Kier alpha value is -2.87. The molecular formula is C17H16FN5O2. The van der Waals surface area contributed by atoms with Gasteiger partial charge in [-0.05, 0) is 30.2 Å². The van der Waals surface area contributed by atoms with E-state index in [-0.39, 0.29) is 24.3 Å². The van der Waals surface area contributed by atoms with Gasteiger partial charge in [0, 0.05) is 19.8 Å². The number of likely N-dealkylation sites (tertiary alicyclic amines) is 1. The lowest BCUT2D eigenvalue weighted by Crippen LogP contribution is -2.31. The third-order valence-electron chi connectivity index (χ3n) is 4.48. The summed E-state index contributed by atoms with van der Waals surface area (Å²) in [6.45, 7) is 0.222. The molecule has 3 heterocycles. The Bertz CT molecular complexity index is 940. The van der Waals surface area contributed by atoms with Gasteiger partial charge in [-0.25, -0.2) is 14.1 Å². The van der Waals surface area contributed by atoms with E-state index in [1.165, 1.54) is 23.0 Å². The Morgan fingerprint density at radius 1 is 1.32 bits per heavy atom. The van der Waals surface area contributed by atoms with Crippen molar-refractivity contribution in [2.45, 2.75) is 18.6 Å². The van der Waals surface area contributed by atoms with Crippen LogP contribution in [0.25, 0.3) is 11.2 Å². The van der Waals surface area contributed by atoms with Crippen LogP contribution in [-0.4, -0.2) is 48.5 Å². The minimum atomic E-state index is -0.618. The second-order valence-corrected chi connectivity index (χ2v) is 6.19. The van der Waals surface area contributed by atoms with Gasteiger partial charge in [0.1, 0.15) is 11.3 Å². The van der Waals surface area contributed by atoms with Crippen molar-refractivity contribution in [1.82, 2.24) is 24.9 Å². The molecule has 1 N–H and O–H groups in total. The third kappa shape index (κ3) is 2.74. The molecule has 0 saturated carbocycles. The van der Waals surface area contributed by atoms with Crippen LogP contribution in [0.5, 0.6) is 0 Å². The van der Waals surface area contributed by atoms with Crippen LogP contribution in [-0.2, 0) is 7.05 Å². The minimum Gasteiger partial charge on any atom is -0.391 e. The number of carbonyl (C=O) groups excluding carboxylic acids is 1. The van der Waals surface area contributed by atoms with Crippen molar-refractivity contribution in [1.29, 1.82) is 0 Å². The van der Waals surface area contributed by atoms with Gasteiger partial charge in [0.2, 0.25) is 0 Å². The van der Waals surface area contributed by atoms with Crippen molar-refractivity contribution in [3.63, 3.8) is 0 Å². The van der Waals surface area contributed by atoms with Crippen LogP contribution in [0.2, 0.25) is 0 Å². The molecule has 2 atom stereocenters. The standard InChI is InChI=1S/C17H16FN5O2/c1-22-16-14(20-21-22)6-11(8-19-16)17(25)23-9-13(24)7-15(23)10-2-4-12(18)5-3-10/h2-6,8,13,15,24H,7,9H2,1H3. The van der Waals surface area contributed by atoms with E-state index in [2.05, 4.69) is 15.3 Å². The fraction of sp³-hybridized carbons (Fsp3) is 0.294. The van der Waals surface area contributed by atoms with Gasteiger partial charge in [-0.2, -0.15) is 0 Å². The third-order valence-corrected chi connectivity index (χ3v) is 4.48. The van der Waals surface area contributed by atoms with Crippen molar-refractivity contribution in [2.75, 3.05) is 6.54 Å². The van der Waals surface area contributed by atoms with Crippen molar-refractivity contribution >= 4 is 17.1 Å². The number of benzene rings is 1. The maximum atomic E-state index is 13.2. The first-order valence-corrected chi connectivity index (χ1v) is 7.93. The minimum absolute atomic E-state index is 0.222. The first kappa shape index (κ1) is 15.6. The number of aromatic nitrogens is 4. The number of pyridine rings is 1. The number of aryl methyl sites for hydroxylation is 1. The molecule has 0 aliphatic carbocycles. The highest BCUT2D eigenvalue weighted by Gasteiger charge is 2.36. The maximum Gasteiger partial charge on any atom is 0.256 e. The Morgan fingerprint density at radius 2 is 2.08 bits per heavy atom. The van der Waals surface area contributed by atoms with Crippen LogP contribution < -0.4 is 0 Å². The molecule has 1 aliphatic heterocycles. The molecule has 1 saturated heterocycles. The van der Waals surface area contributed by atoms with E-state index in [4.69, 9.17) is 0 Å². The van der Waals surface area contributed by atoms with E-state index in [0.29, 0.717) is 23.1 Å². The summed E-state index contributed by atoms with van der Waals surface area (Å²) < 4.78 is 14.7. The molecule has 25 heavy (non-hydrogen) atoms. The molecule has 0 spiro atoms. The number of rotatable bonds is 2. The van der Waals surface area contributed by atoms with Crippen LogP contribution in [0.4, 0.5) is 4.39 Å². The van der Waals surface area contributed by atoms with Gasteiger partial charge in [-0.3, -0.25) is 4.79 Å². The molecular weight excluding hydrogens is 325 g/mol. The summed E-state index contributed by atoms with van der Waals surface area (Å²) >= 11 is 0. The molecule has 8 heteroatoms. The molecule has 1 aliphatic rings. The average Bonchev–Trinajstić information content (AvgIpc) is 3.18. The molecule has 128 valence electrons. The number of hydrogen-bond donors (Lipinski definition) is 1. The van der Waals surface area contributed by atoms with E-state index < -0.39 is 6.10 Å². The number of carbonyl (C=O) groups is 1. The number of amides is 1. The molecule has 2 aromatic heterocycles. The highest BCUT2D eigenvalue weighted by atomic mass is 19.1. The topological polar surface area (TPSA) is 84.1 Å². The van der Waals surface area contributed by atoms with E-state index >= 15 is 0 Å². The number of aliphatic hydroxyl groups excluding tert-OH is 1. The van der Waals surface area contributed by atoms with Gasteiger partial charge in [0.05, 0.1) is 17.7 Å². The van der Waals surface area contributed by atoms with Crippen molar-refractivity contribution < 1.29 is 14.3 Å². The first-order valence-electron chi connectivity index (χ1n) is 7.93. The fourth-order valence-corrected chi connectivity index (χ4v) is 3.25. The highest BCUT2D eigenvalue weighted by Crippen LogP contribution is 2.33. The van der Waals surface area contributed by atoms with Gasteiger partial charge >= 0.3 is 0 Å². The maximum absolute atomic E-state index is 13.2. The summed E-state index contributed by atoms with van der Waals surface area (Å²) in [6, 6.07) is 7.33. The predicted molar refractivity (Wildman–Crippen MR) is 87.1 cm³/mol. The largest absolute Gasteiger partial charge is 0.391 e. The molecule has 7 nitrogen and oxygen atoms in total. The molecule has 3 aromatic rings. The van der Waals surface area contributed by atoms with Crippen LogP contribution in [0, 0.1) is 5.82 Å². The SMILES string of the molecule is Cn1nnc2cc(C(=O)N3CC(O)CC3c3ccc(F)cc3)cnc21. The zero-order valence-electron chi connectivity index (χ0n) is 13.5. The summed E-state index contributed by atoms with van der Waals surface area (Å²) in [4.78, 5) is 18.8. The van der Waals surface area contributed by atoms with Gasteiger partial charge in [-0.1, -0.05) is 17.3 Å². The van der Waals surface area contributed by atoms with Gasteiger partial charge in [0.25, 0.3) is 5.91 Å². The fourth-order valence-electron chi connectivity index (χ4n) is 3.25. The lowest BCUT2D eigenvalue weighted by atomic mass is 10.0. The zero-order chi connectivity index (χ0) is 17.6. The van der Waals surface area contributed by atoms with E-state index in [9.17, 15) is 14.3 Å². The van der Waals surface area contributed by atoms with Crippen LogP contribution in [0.15, 0.2) is 36.5 Å². The van der Waals surface area contributed by atoms with Crippen LogP contribution in [0.1, 0.15) is 28.4 Å². The molecule has 4 rings (SSSR count). The second kappa shape index (κ2) is 5.89. The molecule has 0 bridgehead atoms. The molecule has 1 aromatic carbocycles. The summed E-state index contributed by atoms with van der Waals surface area (Å²) in [7, 11) is 1.73. The van der Waals surface area contributed by atoms with E-state index in [1.807, 2.05) is 0 Å². The Morgan fingerprint density at radius 3 is 2.84 bits per heavy atom. The Balaban J connectivity index is 1.67. The molecule has 1 amide bonds. The van der Waals surface area contributed by atoms with Gasteiger partial charge in [0.15, 0.2) is 5.65 Å². The van der Waals surface area contributed by atoms with Crippen LogP contribution >= 0.6 is 0 Å². The number of aliphatic hydroxyl groups is 1.